The molecule has 1 aromatic heterocycles. The van der Waals surface area contributed by atoms with E-state index in [-0.39, 0.29) is 6.61 Å². The number of nitrogens with zero attached hydrogens (tertiary/aromatic N) is 4. The normalized spacial score (nSPS) is 32.7. The number of hydrogen-bond acceptors (Lipinski definition) is 7. The first kappa shape index (κ1) is 22.8. The molecule has 6 atom stereocenters. The third kappa shape index (κ3) is 4.19. The first-order chi connectivity index (χ1) is 15.0. The lowest BCUT2D eigenvalue weighted by Crippen LogP contribution is -2.66. The van der Waals surface area contributed by atoms with Gasteiger partial charge in [-0.2, -0.15) is 0 Å². The molecule has 0 aliphatic carbocycles. The van der Waals surface area contributed by atoms with Crippen molar-refractivity contribution in [3.63, 3.8) is 0 Å². The van der Waals surface area contributed by atoms with Gasteiger partial charge in [0.2, 0.25) is 0 Å². The van der Waals surface area contributed by atoms with Gasteiger partial charge in [-0.15, -0.1) is 12.6 Å². The topological polar surface area (TPSA) is 98.6 Å². The summed E-state index contributed by atoms with van der Waals surface area (Å²) >= 11 is 14.4. The van der Waals surface area contributed by atoms with E-state index in [1.165, 1.54) is 6.20 Å². The van der Waals surface area contributed by atoms with Gasteiger partial charge in [0.05, 0.1) is 11.6 Å². The summed E-state index contributed by atoms with van der Waals surface area (Å²) in [6, 6.07) is 11.2. The fourth-order valence-electron chi connectivity index (χ4n) is 4.08. The molecule has 0 spiro atoms. The van der Waals surface area contributed by atoms with Gasteiger partial charge in [0.1, 0.15) is 33.9 Å². The van der Waals surface area contributed by atoms with Crippen molar-refractivity contribution in [3.05, 3.63) is 73.8 Å². The molecule has 4 rings (SSSR count). The van der Waals surface area contributed by atoms with Crippen molar-refractivity contribution in [2.24, 2.45) is 5.11 Å². The van der Waals surface area contributed by atoms with Crippen molar-refractivity contribution >= 4 is 40.2 Å². The Hall–Kier alpha value is -1.36. The second kappa shape index (κ2) is 9.64. The van der Waals surface area contributed by atoms with Crippen LogP contribution in [0.5, 0.6) is 0 Å². The molecule has 2 fully saturated rings. The molecular formula is C20H20BrClN4O4S. The van der Waals surface area contributed by atoms with Gasteiger partial charge in [-0.3, -0.25) is 0 Å². The maximum Gasteiger partial charge on any atom is 0.184 e. The third-order valence-electron chi connectivity index (χ3n) is 5.33. The molecule has 2 aromatic rings. The van der Waals surface area contributed by atoms with Gasteiger partial charge in [0.25, 0.3) is 0 Å². The van der Waals surface area contributed by atoms with E-state index in [1.54, 1.807) is 6.07 Å². The van der Waals surface area contributed by atoms with E-state index in [2.05, 4.69) is 43.6 Å². The number of pyridine rings is 1. The van der Waals surface area contributed by atoms with E-state index in [1.807, 2.05) is 37.3 Å². The lowest BCUT2D eigenvalue weighted by molar-refractivity contribution is -0.319. The Labute approximate surface area is 198 Å². The number of thiol groups is 1. The zero-order valence-corrected chi connectivity index (χ0v) is 19.7. The maximum absolute atomic E-state index is 9.63. The third-order valence-corrected chi connectivity index (χ3v) is 6.56. The minimum atomic E-state index is -1.37. The van der Waals surface area contributed by atoms with Crippen LogP contribution in [0.4, 0.5) is 0 Å². The monoisotopic (exact) mass is 526 g/mol. The fourth-order valence-corrected chi connectivity index (χ4v) is 5.24. The molecule has 1 aromatic carbocycles. The van der Waals surface area contributed by atoms with Crippen LogP contribution >= 0.6 is 40.2 Å². The molecule has 2 aliphatic heterocycles. The maximum atomic E-state index is 9.63. The Morgan fingerprint density at radius 1 is 1.39 bits per heavy atom. The molecular weight excluding hydrogens is 508 g/mol. The van der Waals surface area contributed by atoms with E-state index in [0.29, 0.717) is 21.8 Å². The second-order valence-corrected chi connectivity index (χ2v) is 8.78. The molecule has 2 unspecified atom stereocenters. The van der Waals surface area contributed by atoms with Crippen LogP contribution in [-0.4, -0.2) is 41.9 Å². The average molecular weight is 528 g/mol. The molecule has 0 bridgehead atoms. The summed E-state index contributed by atoms with van der Waals surface area (Å²) < 4.78 is 24.9. The largest absolute Gasteiger partial charge is 0.374 e. The van der Waals surface area contributed by atoms with Crippen LogP contribution in [0.1, 0.15) is 24.3 Å². The van der Waals surface area contributed by atoms with Crippen LogP contribution in [-0.2, 0) is 24.5 Å². The number of halogens is 2. The highest BCUT2D eigenvalue weighted by Crippen LogP contribution is 2.50. The second-order valence-electron chi connectivity index (χ2n) is 7.08. The molecule has 164 valence electrons. The van der Waals surface area contributed by atoms with Gasteiger partial charge in [-0.1, -0.05) is 47.0 Å². The predicted molar refractivity (Wildman–Crippen MR) is 121 cm³/mol. The van der Waals surface area contributed by atoms with Gasteiger partial charge < -0.3 is 18.9 Å². The van der Waals surface area contributed by atoms with Gasteiger partial charge >= 0.3 is 0 Å². The quantitative estimate of drug-likeness (QED) is 0.190. The lowest BCUT2D eigenvalue weighted by atomic mass is 9.76. The minimum absolute atomic E-state index is 0.217. The molecule has 0 amide bonds. The summed E-state index contributed by atoms with van der Waals surface area (Å²) in [6.45, 7) is 2.40. The minimum Gasteiger partial charge on any atom is -0.374 e. The Bertz CT molecular complexity index is 983. The lowest BCUT2D eigenvalue weighted by Gasteiger charge is -2.54. The Kier molecular flexibility index (Phi) is 7.10. The van der Waals surface area contributed by atoms with Crippen molar-refractivity contribution in [1.82, 2.24) is 4.98 Å². The van der Waals surface area contributed by atoms with Crippen LogP contribution < -0.4 is 0 Å². The SMILES string of the molecule is CCO[C@H]1[C@@H](S)O[C@@H]2COC(c3ccccc3)O[C@@H]2C1(N=[N+]=[N-])c1cc(Cl)cnc1Br. The van der Waals surface area contributed by atoms with Gasteiger partial charge in [-0.25, -0.2) is 4.98 Å². The fraction of sp³-hybridized carbons (Fsp3) is 0.450. The number of azide groups is 1. The number of benzene rings is 1. The highest BCUT2D eigenvalue weighted by Gasteiger charge is 2.61. The van der Waals surface area contributed by atoms with Gasteiger partial charge in [0, 0.05) is 28.8 Å². The molecule has 0 saturated carbocycles. The van der Waals surface area contributed by atoms with Crippen molar-refractivity contribution in [3.8, 4) is 0 Å². The number of rotatable bonds is 5. The summed E-state index contributed by atoms with van der Waals surface area (Å²) in [5.74, 6) is 0. The zero-order valence-electron chi connectivity index (χ0n) is 16.5. The predicted octanol–water partition coefficient (Wildman–Crippen LogP) is 5.18. The van der Waals surface area contributed by atoms with Crippen molar-refractivity contribution in [2.45, 2.75) is 42.5 Å². The van der Waals surface area contributed by atoms with E-state index in [0.717, 1.165) is 5.56 Å². The summed E-state index contributed by atoms with van der Waals surface area (Å²) in [6.07, 6.45) is -1.26. The van der Waals surface area contributed by atoms with Crippen LogP contribution in [0.3, 0.4) is 0 Å². The van der Waals surface area contributed by atoms with E-state index < -0.39 is 35.6 Å². The Morgan fingerprint density at radius 2 is 2.16 bits per heavy atom. The van der Waals surface area contributed by atoms with E-state index >= 15 is 0 Å². The average Bonchev–Trinajstić information content (AvgIpc) is 2.78. The summed E-state index contributed by atoms with van der Waals surface area (Å²) in [5.41, 5.74) is 8.92. The van der Waals surface area contributed by atoms with Gasteiger partial charge in [0.15, 0.2) is 6.29 Å². The molecule has 11 heteroatoms. The molecule has 0 N–H and O–H groups in total. The van der Waals surface area contributed by atoms with Crippen LogP contribution in [0.15, 0.2) is 52.3 Å². The Balaban J connectivity index is 1.89. The van der Waals surface area contributed by atoms with Crippen LogP contribution in [0.25, 0.3) is 10.4 Å². The first-order valence-electron chi connectivity index (χ1n) is 9.66. The Morgan fingerprint density at radius 3 is 2.87 bits per heavy atom. The number of fused-ring (bicyclic) bond motifs is 1. The highest BCUT2D eigenvalue weighted by molar-refractivity contribution is 9.10. The molecule has 0 radical (unpaired) electrons. The first-order valence-corrected chi connectivity index (χ1v) is 11.3. The summed E-state index contributed by atoms with van der Waals surface area (Å²) in [7, 11) is 0. The zero-order chi connectivity index (χ0) is 22.0. The van der Waals surface area contributed by atoms with Crippen LogP contribution in [0.2, 0.25) is 5.02 Å². The van der Waals surface area contributed by atoms with Crippen molar-refractivity contribution in [2.75, 3.05) is 13.2 Å². The van der Waals surface area contributed by atoms with Gasteiger partial charge in [-0.05, 0) is 34.5 Å². The van der Waals surface area contributed by atoms with E-state index in [4.69, 9.17) is 30.5 Å². The summed E-state index contributed by atoms with van der Waals surface area (Å²) in [5, 5.41) is 4.65. The molecule has 31 heavy (non-hydrogen) atoms. The van der Waals surface area contributed by atoms with Crippen molar-refractivity contribution in [1.29, 1.82) is 0 Å². The van der Waals surface area contributed by atoms with E-state index in [9.17, 15) is 5.53 Å². The number of aromatic nitrogens is 1. The van der Waals surface area contributed by atoms with Crippen molar-refractivity contribution < 1.29 is 18.9 Å². The number of ether oxygens (including phenoxy) is 4. The standard InChI is InChI=1S/C20H20BrClN4O4S/c1-2-27-16-19(31)29-14-10-28-18(11-6-4-3-5-7-11)30-15(14)20(16,25-26-23)13-8-12(22)9-24-17(13)21/h3-9,14-16,18-19,31H,2,10H2,1H3/t14-,15+,16+,18?,19-,20?/m1/s1. The molecule has 3 heterocycles. The molecule has 2 saturated heterocycles. The summed E-state index contributed by atoms with van der Waals surface area (Å²) in [4.78, 5) is 7.49. The smallest absolute Gasteiger partial charge is 0.184 e. The molecule has 8 nitrogen and oxygen atoms in total. The van der Waals surface area contributed by atoms with Crippen LogP contribution in [0, 0.1) is 0 Å². The molecule has 2 aliphatic rings. The number of hydrogen-bond donors (Lipinski definition) is 1. The highest BCUT2D eigenvalue weighted by atomic mass is 79.9.